The van der Waals surface area contributed by atoms with E-state index < -0.39 is 17.7 Å². The first-order chi connectivity index (χ1) is 10.0. The zero-order valence-electron chi connectivity index (χ0n) is 11.3. The molecule has 0 saturated carbocycles. The number of imide groups is 1. The summed E-state index contributed by atoms with van der Waals surface area (Å²) in [6.07, 6.45) is 0.758. The van der Waals surface area contributed by atoms with Crippen molar-refractivity contribution in [2.75, 3.05) is 6.54 Å². The number of carbonyl (C=O) groups excluding carboxylic acids is 2. The predicted octanol–water partition coefficient (Wildman–Crippen LogP) is 1.48. The topological polar surface area (TPSA) is 93.3 Å². The average Bonchev–Trinajstić information content (AvgIpc) is 2.71. The lowest BCUT2D eigenvalue weighted by Crippen LogP contribution is -2.42. The molecule has 0 aliphatic heterocycles. The molecule has 0 aliphatic carbocycles. The first kappa shape index (κ1) is 15.1. The Morgan fingerprint density at radius 3 is 2.86 bits per heavy atom. The summed E-state index contributed by atoms with van der Waals surface area (Å²) in [5.41, 5.74) is 0.726. The van der Waals surface area contributed by atoms with E-state index in [9.17, 15) is 14.4 Å². The quantitative estimate of drug-likeness (QED) is 0.894. The molecule has 0 spiro atoms. The van der Waals surface area contributed by atoms with Crippen molar-refractivity contribution >= 4 is 34.6 Å². The summed E-state index contributed by atoms with van der Waals surface area (Å²) < 4.78 is 6.13. The molecule has 7 nitrogen and oxygen atoms in total. The second kappa shape index (κ2) is 6.45. The van der Waals surface area contributed by atoms with E-state index in [1.807, 2.05) is 6.92 Å². The van der Waals surface area contributed by atoms with Gasteiger partial charge in [-0.2, -0.15) is 0 Å². The number of carbonyl (C=O) groups is 2. The van der Waals surface area contributed by atoms with Gasteiger partial charge in [0.25, 0.3) is 0 Å². The number of oxazole rings is 1. The molecule has 1 aromatic carbocycles. The van der Waals surface area contributed by atoms with Crippen molar-refractivity contribution in [1.82, 2.24) is 15.2 Å². The van der Waals surface area contributed by atoms with Crippen molar-refractivity contribution in [1.29, 1.82) is 0 Å². The molecular weight excluding hydrogens is 298 g/mol. The highest BCUT2D eigenvalue weighted by Gasteiger charge is 2.14. The number of halogens is 1. The van der Waals surface area contributed by atoms with E-state index in [-0.39, 0.29) is 12.1 Å². The van der Waals surface area contributed by atoms with Crippen molar-refractivity contribution in [3.05, 3.63) is 33.8 Å². The van der Waals surface area contributed by atoms with Gasteiger partial charge in [-0.05, 0) is 18.6 Å². The fourth-order valence-electron chi connectivity index (χ4n) is 1.78. The minimum Gasteiger partial charge on any atom is -0.408 e. The zero-order valence-corrected chi connectivity index (χ0v) is 12.1. The molecule has 0 atom stereocenters. The minimum absolute atomic E-state index is 0.288. The number of nitrogens with one attached hydrogen (secondary N) is 2. The fraction of sp³-hybridized carbons (Fsp3) is 0.308. The average molecular weight is 312 g/mol. The van der Waals surface area contributed by atoms with Gasteiger partial charge in [0.15, 0.2) is 5.58 Å². The third-order valence-electron chi connectivity index (χ3n) is 2.72. The minimum atomic E-state index is -0.684. The Hall–Kier alpha value is -2.28. The second-order valence-electron chi connectivity index (χ2n) is 4.37. The molecule has 0 radical (unpaired) electrons. The van der Waals surface area contributed by atoms with Crippen LogP contribution in [-0.4, -0.2) is 23.1 Å². The highest BCUT2D eigenvalue weighted by Crippen LogP contribution is 2.18. The molecule has 0 aliphatic rings. The van der Waals surface area contributed by atoms with Gasteiger partial charge >= 0.3 is 11.8 Å². The van der Waals surface area contributed by atoms with Gasteiger partial charge in [0, 0.05) is 17.6 Å². The molecule has 112 valence electrons. The number of hydrogen-bond acceptors (Lipinski definition) is 4. The third kappa shape index (κ3) is 3.63. The molecule has 1 heterocycles. The highest BCUT2D eigenvalue weighted by molar-refractivity contribution is 6.31. The van der Waals surface area contributed by atoms with Gasteiger partial charge in [0.05, 0.1) is 5.52 Å². The summed E-state index contributed by atoms with van der Waals surface area (Å²) in [6, 6.07) is 4.06. The summed E-state index contributed by atoms with van der Waals surface area (Å²) in [5.74, 6) is -1.29. The van der Waals surface area contributed by atoms with E-state index in [4.69, 9.17) is 16.0 Å². The summed E-state index contributed by atoms with van der Waals surface area (Å²) in [4.78, 5) is 34.8. The number of hydrogen-bond donors (Lipinski definition) is 2. The van der Waals surface area contributed by atoms with Crippen LogP contribution in [0.25, 0.3) is 11.1 Å². The Morgan fingerprint density at radius 1 is 1.38 bits per heavy atom. The maximum absolute atomic E-state index is 11.7. The summed E-state index contributed by atoms with van der Waals surface area (Å²) in [6.45, 7) is 2.05. The lowest BCUT2D eigenvalue weighted by Gasteiger charge is -2.05. The van der Waals surface area contributed by atoms with Crippen LogP contribution in [0.5, 0.6) is 0 Å². The lowest BCUT2D eigenvalue weighted by atomic mass is 10.3. The van der Waals surface area contributed by atoms with Crippen LogP contribution in [0.15, 0.2) is 27.4 Å². The van der Waals surface area contributed by atoms with Gasteiger partial charge in [-0.25, -0.2) is 9.59 Å². The highest BCUT2D eigenvalue weighted by atomic mass is 35.5. The van der Waals surface area contributed by atoms with Crippen LogP contribution >= 0.6 is 11.6 Å². The van der Waals surface area contributed by atoms with Gasteiger partial charge in [0.1, 0.15) is 6.54 Å². The Morgan fingerprint density at radius 2 is 2.14 bits per heavy atom. The van der Waals surface area contributed by atoms with Gasteiger partial charge in [-0.1, -0.05) is 18.5 Å². The van der Waals surface area contributed by atoms with E-state index in [0.29, 0.717) is 17.1 Å². The largest absolute Gasteiger partial charge is 0.420 e. The van der Waals surface area contributed by atoms with Crippen LogP contribution in [0.1, 0.15) is 13.3 Å². The predicted molar refractivity (Wildman–Crippen MR) is 77.3 cm³/mol. The second-order valence-corrected chi connectivity index (χ2v) is 4.81. The van der Waals surface area contributed by atoms with Crippen LogP contribution in [0.3, 0.4) is 0 Å². The first-order valence-electron chi connectivity index (χ1n) is 6.38. The van der Waals surface area contributed by atoms with Gasteiger partial charge in [-0.15, -0.1) is 0 Å². The summed E-state index contributed by atoms with van der Waals surface area (Å²) >= 11 is 5.80. The van der Waals surface area contributed by atoms with E-state index >= 15 is 0 Å². The third-order valence-corrected chi connectivity index (χ3v) is 2.96. The summed E-state index contributed by atoms with van der Waals surface area (Å²) in [7, 11) is 0. The van der Waals surface area contributed by atoms with E-state index in [1.54, 1.807) is 12.1 Å². The number of aromatic nitrogens is 1. The maximum atomic E-state index is 11.7. The van der Waals surface area contributed by atoms with E-state index in [2.05, 4.69) is 10.6 Å². The van der Waals surface area contributed by atoms with Crippen molar-refractivity contribution in [3.8, 4) is 0 Å². The Bertz CT molecular complexity index is 735. The lowest BCUT2D eigenvalue weighted by molar-refractivity contribution is -0.120. The molecule has 0 fully saturated rings. The molecule has 0 saturated heterocycles. The first-order valence-corrected chi connectivity index (χ1v) is 6.75. The molecule has 3 amide bonds. The normalized spacial score (nSPS) is 10.6. The van der Waals surface area contributed by atoms with Gasteiger partial charge < -0.3 is 9.73 Å². The molecule has 8 heteroatoms. The Balaban J connectivity index is 2.13. The molecule has 2 N–H and O–H groups in total. The zero-order chi connectivity index (χ0) is 15.4. The standard InChI is InChI=1S/C13H14ClN3O4/c1-2-5-15-12(19)16-11(18)7-17-9-4-3-8(14)6-10(9)21-13(17)20/h3-4,6H,2,5,7H2,1H3,(H2,15,16,18,19). The number of benzene rings is 1. The van der Waals surface area contributed by atoms with Crippen LogP contribution in [0, 0.1) is 0 Å². The van der Waals surface area contributed by atoms with Crippen molar-refractivity contribution in [3.63, 3.8) is 0 Å². The number of urea groups is 1. The SMILES string of the molecule is CCCNC(=O)NC(=O)Cn1c(=O)oc2cc(Cl)ccc21. The van der Waals surface area contributed by atoms with E-state index in [0.717, 1.165) is 11.0 Å². The van der Waals surface area contributed by atoms with Crippen molar-refractivity contribution < 1.29 is 14.0 Å². The van der Waals surface area contributed by atoms with Crippen LogP contribution < -0.4 is 16.4 Å². The van der Waals surface area contributed by atoms with Crippen LogP contribution in [0.2, 0.25) is 5.02 Å². The molecule has 2 aromatic rings. The molecule has 2 rings (SSSR count). The van der Waals surface area contributed by atoms with E-state index in [1.165, 1.54) is 6.07 Å². The molecule has 0 bridgehead atoms. The van der Waals surface area contributed by atoms with Gasteiger partial charge in [0.2, 0.25) is 5.91 Å². The molecule has 0 unspecified atom stereocenters. The molecule has 1 aromatic heterocycles. The summed E-state index contributed by atoms with van der Waals surface area (Å²) in [5, 5.41) is 5.07. The monoisotopic (exact) mass is 311 g/mol. The van der Waals surface area contributed by atoms with Gasteiger partial charge in [-0.3, -0.25) is 14.7 Å². The molecule has 21 heavy (non-hydrogen) atoms. The van der Waals surface area contributed by atoms with Crippen LogP contribution in [-0.2, 0) is 11.3 Å². The Kier molecular flexibility index (Phi) is 4.64. The number of rotatable bonds is 4. The Labute approximate surface area is 124 Å². The number of nitrogens with zero attached hydrogens (tertiary/aromatic N) is 1. The fourth-order valence-corrected chi connectivity index (χ4v) is 1.94. The maximum Gasteiger partial charge on any atom is 0.420 e. The number of amides is 3. The molecular formula is C13H14ClN3O4. The smallest absolute Gasteiger partial charge is 0.408 e. The van der Waals surface area contributed by atoms with Crippen molar-refractivity contribution in [2.45, 2.75) is 19.9 Å². The van der Waals surface area contributed by atoms with Crippen LogP contribution in [0.4, 0.5) is 4.79 Å². The van der Waals surface area contributed by atoms with Crippen molar-refractivity contribution in [2.24, 2.45) is 0 Å². The number of fused-ring (bicyclic) bond motifs is 1.